The average Bonchev–Trinajstić information content (AvgIpc) is 3.14. The lowest BCUT2D eigenvalue weighted by Gasteiger charge is -2.26. The Morgan fingerprint density at radius 2 is 2.13 bits per heavy atom. The Hall–Kier alpha value is -1.55. The topological polar surface area (TPSA) is 47.6 Å². The maximum Gasteiger partial charge on any atom is 0.224 e. The van der Waals surface area contributed by atoms with E-state index in [0.717, 1.165) is 31.4 Å². The van der Waals surface area contributed by atoms with Gasteiger partial charge in [-0.25, -0.2) is 0 Å². The van der Waals surface area contributed by atoms with E-state index in [1.165, 1.54) is 5.56 Å². The summed E-state index contributed by atoms with van der Waals surface area (Å²) in [5.41, 5.74) is 1.18. The quantitative estimate of drug-likeness (QED) is 0.933. The molecule has 1 aromatic rings. The van der Waals surface area contributed by atoms with Crippen LogP contribution in [0.2, 0.25) is 0 Å². The highest BCUT2D eigenvalue weighted by molar-refractivity contribution is 5.84. The summed E-state index contributed by atoms with van der Waals surface area (Å²) in [5, 5.41) is 3.12. The van der Waals surface area contributed by atoms with Crippen LogP contribution in [0.4, 0.5) is 0 Å². The summed E-state index contributed by atoms with van der Waals surface area (Å²) in [7, 11) is 0. The lowest BCUT2D eigenvalue weighted by atomic mass is 9.87. The molecule has 3 aliphatic rings. The zero-order valence-electron chi connectivity index (χ0n) is 13.9. The largest absolute Gasteiger partial charge is 0.493 e. The molecule has 0 unspecified atom stereocenters. The Morgan fingerprint density at radius 1 is 1.30 bits per heavy atom. The van der Waals surface area contributed by atoms with Crippen molar-refractivity contribution in [1.82, 2.24) is 5.32 Å². The van der Waals surface area contributed by atoms with Crippen molar-refractivity contribution >= 4 is 5.91 Å². The number of para-hydroxylation sites is 1. The van der Waals surface area contributed by atoms with Crippen molar-refractivity contribution in [2.45, 2.75) is 56.7 Å². The van der Waals surface area contributed by atoms with Gasteiger partial charge in [0.25, 0.3) is 0 Å². The molecule has 1 aromatic carbocycles. The second-order valence-electron chi connectivity index (χ2n) is 7.79. The van der Waals surface area contributed by atoms with E-state index in [0.29, 0.717) is 13.2 Å². The minimum atomic E-state index is -0.0458. The van der Waals surface area contributed by atoms with Crippen LogP contribution in [0.25, 0.3) is 0 Å². The first-order valence-corrected chi connectivity index (χ1v) is 8.68. The number of rotatable bonds is 3. The molecular weight excluding hydrogens is 290 g/mol. The van der Waals surface area contributed by atoms with Crippen LogP contribution in [0.15, 0.2) is 24.3 Å². The van der Waals surface area contributed by atoms with Crippen molar-refractivity contribution in [1.29, 1.82) is 0 Å². The molecule has 1 saturated carbocycles. The van der Waals surface area contributed by atoms with Gasteiger partial charge in [-0.2, -0.15) is 0 Å². The van der Waals surface area contributed by atoms with E-state index >= 15 is 0 Å². The summed E-state index contributed by atoms with van der Waals surface area (Å²) < 4.78 is 11.7. The van der Waals surface area contributed by atoms with Crippen LogP contribution in [-0.4, -0.2) is 30.8 Å². The summed E-state index contributed by atoms with van der Waals surface area (Å²) in [5.74, 6) is 1.21. The standard InChI is InChI=1S/C19H25NO3/c1-18(2)8-7-13(23-18)12-20-17(21)15-11-19(15)9-10-22-16-6-4-3-5-14(16)19/h3-6,13,15H,7-12H2,1-2H3,(H,20,21)/t13-,15-,19-/m0/s1. The first-order chi connectivity index (χ1) is 11.0. The van der Waals surface area contributed by atoms with Crippen molar-refractivity contribution in [3.8, 4) is 5.75 Å². The third-order valence-corrected chi connectivity index (χ3v) is 5.68. The van der Waals surface area contributed by atoms with Gasteiger partial charge in [0.15, 0.2) is 0 Å². The average molecular weight is 315 g/mol. The van der Waals surface area contributed by atoms with Gasteiger partial charge >= 0.3 is 0 Å². The molecule has 4 nitrogen and oxygen atoms in total. The highest BCUT2D eigenvalue weighted by Crippen LogP contribution is 2.60. The minimum Gasteiger partial charge on any atom is -0.493 e. The van der Waals surface area contributed by atoms with Crippen LogP contribution in [-0.2, 0) is 14.9 Å². The number of hydrogen-bond acceptors (Lipinski definition) is 3. The number of carbonyl (C=O) groups excluding carboxylic acids is 1. The number of fused-ring (bicyclic) bond motifs is 2. The summed E-state index contributed by atoms with van der Waals surface area (Å²) in [6.07, 6.45) is 4.13. The summed E-state index contributed by atoms with van der Waals surface area (Å²) in [6, 6.07) is 8.16. The van der Waals surface area contributed by atoms with Gasteiger partial charge in [-0.1, -0.05) is 18.2 Å². The molecule has 1 saturated heterocycles. The van der Waals surface area contributed by atoms with Gasteiger partial charge in [-0.3, -0.25) is 4.79 Å². The highest BCUT2D eigenvalue weighted by Gasteiger charge is 2.60. The van der Waals surface area contributed by atoms with Crippen molar-refractivity contribution in [2.24, 2.45) is 5.92 Å². The Bertz CT molecular complexity index is 627. The normalized spacial score (nSPS) is 33.8. The van der Waals surface area contributed by atoms with Gasteiger partial charge in [0.2, 0.25) is 5.91 Å². The Morgan fingerprint density at radius 3 is 2.91 bits per heavy atom. The molecule has 0 bridgehead atoms. The first kappa shape index (κ1) is 15.0. The molecule has 2 aliphatic heterocycles. The van der Waals surface area contributed by atoms with Crippen LogP contribution in [0.3, 0.4) is 0 Å². The highest BCUT2D eigenvalue weighted by atomic mass is 16.5. The zero-order valence-corrected chi connectivity index (χ0v) is 13.9. The zero-order chi connectivity index (χ0) is 16.1. The van der Waals surface area contributed by atoms with Gasteiger partial charge in [0.1, 0.15) is 5.75 Å². The molecule has 2 heterocycles. The Labute approximate surface area is 137 Å². The molecule has 1 N–H and O–H groups in total. The first-order valence-electron chi connectivity index (χ1n) is 8.68. The van der Waals surface area contributed by atoms with Crippen molar-refractivity contribution < 1.29 is 14.3 Å². The van der Waals surface area contributed by atoms with Crippen LogP contribution in [0.1, 0.15) is 45.1 Å². The molecule has 124 valence electrons. The van der Waals surface area contributed by atoms with Gasteiger partial charge in [-0.15, -0.1) is 0 Å². The second kappa shape index (κ2) is 5.23. The maximum absolute atomic E-state index is 12.6. The lowest BCUT2D eigenvalue weighted by Crippen LogP contribution is -2.36. The van der Waals surface area contributed by atoms with E-state index in [-0.39, 0.29) is 28.9 Å². The molecule has 0 radical (unpaired) electrons. The van der Waals surface area contributed by atoms with Crippen molar-refractivity contribution in [3.05, 3.63) is 29.8 Å². The predicted octanol–water partition coefficient (Wildman–Crippen LogP) is 2.80. The molecular formula is C19H25NO3. The number of ether oxygens (including phenoxy) is 2. The third kappa shape index (κ3) is 2.63. The molecule has 2 fully saturated rings. The fourth-order valence-electron chi connectivity index (χ4n) is 4.26. The van der Waals surface area contributed by atoms with E-state index < -0.39 is 0 Å². The Kier molecular flexibility index (Phi) is 3.41. The molecule has 1 spiro atoms. The Balaban J connectivity index is 1.39. The van der Waals surface area contributed by atoms with Gasteiger partial charge < -0.3 is 14.8 Å². The predicted molar refractivity (Wildman–Crippen MR) is 87.5 cm³/mol. The molecule has 23 heavy (non-hydrogen) atoms. The van der Waals surface area contributed by atoms with E-state index in [9.17, 15) is 4.79 Å². The van der Waals surface area contributed by atoms with E-state index in [2.05, 4.69) is 25.2 Å². The molecule has 1 aliphatic carbocycles. The van der Waals surface area contributed by atoms with E-state index in [4.69, 9.17) is 9.47 Å². The minimum absolute atomic E-state index is 0.00866. The van der Waals surface area contributed by atoms with E-state index in [1.807, 2.05) is 18.2 Å². The summed E-state index contributed by atoms with van der Waals surface area (Å²) >= 11 is 0. The molecule has 4 rings (SSSR count). The van der Waals surface area contributed by atoms with E-state index in [1.54, 1.807) is 0 Å². The SMILES string of the molecule is CC1(C)CC[C@@H](CNC(=O)[C@@H]2C[C@]23CCOc2ccccc23)O1. The van der Waals surface area contributed by atoms with Crippen molar-refractivity contribution in [2.75, 3.05) is 13.2 Å². The molecule has 3 atom stereocenters. The van der Waals surface area contributed by atoms with Crippen LogP contribution in [0.5, 0.6) is 5.75 Å². The number of nitrogens with one attached hydrogen (secondary N) is 1. The fraction of sp³-hybridized carbons (Fsp3) is 0.632. The number of benzene rings is 1. The molecule has 0 aromatic heterocycles. The summed E-state index contributed by atoms with van der Waals surface area (Å²) in [6.45, 7) is 5.57. The fourth-order valence-corrected chi connectivity index (χ4v) is 4.26. The number of amides is 1. The summed E-state index contributed by atoms with van der Waals surface area (Å²) in [4.78, 5) is 12.6. The van der Waals surface area contributed by atoms with Crippen LogP contribution < -0.4 is 10.1 Å². The van der Waals surface area contributed by atoms with Gasteiger partial charge in [0, 0.05) is 23.4 Å². The van der Waals surface area contributed by atoms with Crippen LogP contribution >= 0.6 is 0 Å². The molecule has 1 amide bonds. The molecule has 4 heteroatoms. The monoisotopic (exact) mass is 315 g/mol. The van der Waals surface area contributed by atoms with Gasteiger partial charge in [-0.05, 0) is 45.6 Å². The number of hydrogen-bond donors (Lipinski definition) is 1. The van der Waals surface area contributed by atoms with Gasteiger partial charge in [0.05, 0.1) is 18.3 Å². The third-order valence-electron chi connectivity index (χ3n) is 5.68. The smallest absolute Gasteiger partial charge is 0.224 e. The lowest BCUT2D eigenvalue weighted by molar-refractivity contribution is -0.123. The second-order valence-corrected chi connectivity index (χ2v) is 7.79. The van der Waals surface area contributed by atoms with Crippen LogP contribution in [0, 0.1) is 5.92 Å². The van der Waals surface area contributed by atoms with Crippen molar-refractivity contribution in [3.63, 3.8) is 0 Å². The number of carbonyl (C=O) groups is 1. The maximum atomic E-state index is 12.6.